The highest BCUT2D eigenvalue weighted by Crippen LogP contribution is 2.22. The number of aromatic nitrogens is 2. The normalized spacial score (nSPS) is 12.2. The molecule has 0 bridgehead atoms. The molecule has 0 saturated heterocycles. The highest BCUT2D eigenvalue weighted by Gasteiger charge is 2.26. The van der Waals surface area contributed by atoms with Crippen LogP contribution in [0, 0.1) is 6.92 Å². The number of nitrogens with zero attached hydrogens (tertiary/aromatic N) is 2. The lowest BCUT2D eigenvalue weighted by molar-refractivity contribution is 0.473. The molecule has 24 heavy (non-hydrogen) atoms. The first-order valence-corrected chi connectivity index (χ1v) is 9.07. The summed E-state index contributed by atoms with van der Waals surface area (Å²) in [7, 11) is -3.64. The number of sulfonamides is 1. The van der Waals surface area contributed by atoms with Gasteiger partial charge < -0.3 is 11.1 Å². The van der Waals surface area contributed by atoms with Gasteiger partial charge in [-0.15, -0.1) is 0 Å². The smallest absolute Gasteiger partial charge is 0.241 e. The van der Waals surface area contributed by atoms with Crippen LogP contribution in [0.25, 0.3) is 0 Å². The van der Waals surface area contributed by atoms with Crippen LogP contribution in [0.15, 0.2) is 35.5 Å². The molecular weight excluding hydrogens is 350 g/mol. The Bertz CT molecular complexity index is 822. The fourth-order valence-corrected chi connectivity index (χ4v) is 3.54. The number of aryl methyl sites for hydroxylation is 1. The number of hydrogen-bond acceptors (Lipinski definition) is 6. The summed E-state index contributed by atoms with van der Waals surface area (Å²) in [6.45, 7) is 5.67. The van der Waals surface area contributed by atoms with Crippen LogP contribution in [0.3, 0.4) is 0 Å². The van der Waals surface area contributed by atoms with Crippen LogP contribution in [0.1, 0.15) is 19.4 Å². The molecule has 0 aliphatic rings. The highest BCUT2D eigenvalue weighted by atomic mass is 35.5. The van der Waals surface area contributed by atoms with Crippen LogP contribution in [-0.4, -0.2) is 30.5 Å². The zero-order valence-corrected chi connectivity index (χ0v) is 15.2. The molecule has 4 N–H and O–H groups in total. The summed E-state index contributed by atoms with van der Waals surface area (Å²) in [5, 5.41) is 3.13. The summed E-state index contributed by atoms with van der Waals surface area (Å²) < 4.78 is 27.6. The summed E-state index contributed by atoms with van der Waals surface area (Å²) in [6, 6.07) is 6.65. The van der Waals surface area contributed by atoms with Gasteiger partial charge in [-0.1, -0.05) is 29.3 Å². The lowest BCUT2D eigenvalue weighted by Crippen LogP contribution is -2.48. The molecule has 0 fully saturated rings. The quantitative estimate of drug-likeness (QED) is 0.673. The Kier molecular flexibility index (Phi) is 5.32. The molecule has 0 saturated carbocycles. The molecule has 1 aromatic heterocycles. The second-order valence-electron chi connectivity index (χ2n) is 6.08. The zero-order valence-electron chi connectivity index (χ0n) is 13.7. The maximum absolute atomic E-state index is 12.5. The van der Waals surface area contributed by atoms with Gasteiger partial charge in [0.2, 0.25) is 10.0 Å². The van der Waals surface area contributed by atoms with Crippen LogP contribution >= 0.6 is 11.6 Å². The average Bonchev–Trinajstić information content (AvgIpc) is 2.48. The van der Waals surface area contributed by atoms with Crippen molar-refractivity contribution in [3.05, 3.63) is 41.3 Å². The summed E-state index contributed by atoms with van der Waals surface area (Å²) in [5.41, 5.74) is 6.21. The van der Waals surface area contributed by atoms with Gasteiger partial charge in [-0.25, -0.2) is 23.1 Å². The van der Waals surface area contributed by atoms with Gasteiger partial charge in [0.1, 0.15) is 12.0 Å². The molecular formula is C15H20ClN5O2S. The van der Waals surface area contributed by atoms with E-state index >= 15 is 0 Å². The number of anilines is 2. The fourth-order valence-electron chi connectivity index (χ4n) is 2.00. The van der Waals surface area contributed by atoms with Crippen molar-refractivity contribution >= 4 is 33.1 Å². The van der Waals surface area contributed by atoms with Crippen molar-refractivity contribution in [3.63, 3.8) is 0 Å². The molecule has 7 nitrogen and oxygen atoms in total. The van der Waals surface area contributed by atoms with Gasteiger partial charge in [-0.05, 0) is 32.9 Å². The van der Waals surface area contributed by atoms with Crippen molar-refractivity contribution in [3.8, 4) is 0 Å². The Morgan fingerprint density at radius 2 is 1.83 bits per heavy atom. The topological polar surface area (TPSA) is 110 Å². The molecule has 0 aliphatic heterocycles. The van der Waals surface area contributed by atoms with Gasteiger partial charge in [0.25, 0.3) is 0 Å². The minimum Gasteiger partial charge on any atom is -0.393 e. The molecule has 1 aromatic carbocycles. The SMILES string of the molecule is Cc1ccc(S(=O)(=O)NC(C)(C)CNc2ncnc(Cl)c2N)cc1. The van der Waals surface area contributed by atoms with Crippen LogP contribution in [0.2, 0.25) is 5.15 Å². The Hall–Kier alpha value is -1.90. The molecule has 0 spiro atoms. The largest absolute Gasteiger partial charge is 0.393 e. The van der Waals surface area contributed by atoms with Crippen molar-refractivity contribution in [2.45, 2.75) is 31.2 Å². The number of nitrogens with one attached hydrogen (secondary N) is 2. The fraction of sp³-hybridized carbons (Fsp3) is 0.333. The van der Waals surface area contributed by atoms with Crippen LogP contribution in [-0.2, 0) is 10.0 Å². The second kappa shape index (κ2) is 6.92. The zero-order chi connectivity index (χ0) is 18.0. The van der Waals surface area contributed by atoms with E-state index in [1.54, 1.807) is 38.1 Å². The number of rotatable bonds is 6. The Morgan fingerprint density at radius 3 is 2.46 bits per heavy atom. The van der Waals surface area contributed by atoms with E-state index in [-0.39, 0.29) is 22.3 Å². The summed E-state index contributed by atoms with van der Waals surface area (Å²) in [6.07, 6.45) is 1.28. The van der Waals surface area contributed by atoms with Crippen LogP contribution in [0.5, 0.6) is 0 Å². The van der Waals surface area contributed by atoms with Crippen LogP contribution < -0.4 is 15.8 Å². The van der Waals surface area contributed by atoms with Crippen molar-refractivity contribution < 1.29 is 8.42 Å². The first kappa shape index (κ1) is 18.4. The number of nitrogen functional groups attached to an aromatic ring is 1. The van der Waals surface area contributed by atoms with Gasteiger partial charge in [0.05, 0.1) is 4.90 Å². The number of halogens is 1. The summed E-state index contributed by atoms with van der Waals surface area (Å²) in [5.74, 6) is 0.359. The van der Waals surface area contributed by atoms with E-state index in [2.05, 4.69) is 20.0 Å². The molecule has 0 atom stereocenters. The van der Waals surface area contributed by atoms with E-state index in [4.69, 9.17) is 17.3 Å². The molecule has 9 heteroatoms. The minimum absolute atomic E-state index is 0.144. The maximum Gasteiger partial charge on any atom is 0.241 e. The first-order valence-electron chi connectivity index (χ1n) is 7.21. The van der Waals surface area contributed by atoms with Crippen molar-refractivity contribution in [1.29, 1.82) is 0 Å². The first-order chi connectivity index (χ1) is 11.1. The Labute approximate surface area is 146 Å². The van der Waals surface area contributed by atoms with Gasteiger partial charge in [-0.3, -0.25) is 0 Å². The monoisotopic (exact) mass is 369 g/mol. The van der Waals surface area contributed by atoms with Gasteiger partial charge in [0, 0.05) is 12.1 Å². The molecule has 0 amide bonds. The van der Waals surface area contributed by atoms with E-state index in [1.807, 2.05) is 6.92 Å². The number of benzene rings is 1. The molecule has 1 heterocycles. The van der Waals surface area contributed by atoms with E-state index in [0.717, 1.165) is 5.56 Å². The Balaban J connectivity index is 2.10. The highest BCUT2D eigenvalue weighted by molar-refractivity contribution is 7.89. The molecule has 2 aromatic rings. The summed E-state index contributed by atoms with van der Waals surface area (Å²) >= 11 is 5.84. The molecule has 0 radical (unpaired) electrons. The van der Waals surface area contributed by atoms with Gasteiger partial charge in [0.15, 0.2) is 11.0 Å². The number of hydrogen-bond donors (Lipinski definition) is 3. The number of nitrogens with two attached hydrogens (primary N) is 1. The maximum atomic E-state index is 12.5. The molecule has 0 aliphatic carbocycles. The van der Waals surface area contributed by atoms with Crippen molar-refractivity contribution in [1.82, 2.24) is 14.7 Å². The van der Waals surface area contributed by atoms with E-state index in [0.29, 0.717) is 5.82 Å². The predicted molar refractivity (Wildman–Crippen MR) is 95.5 cm³/mol. The van der Waals surface area contributed by atoms with Crippen molar-refractivity contribution in [2.24, 2.45) is 0 Å². The van der Waals surface area contributed by atoms with E-state index in [1.165, 1.54) is 6.33 Å². The Morgan fingerprint density at radius 1 is 1.21 bits per heavy atom. The minimum atomic E-state index is -3.64. The average molecular weight is 370 g/mol. The third-order valence-electron chi connectivity index (χ3n) is 3.28. The predicted octanol–water partition coefficient (Wildman–Crippen LogP) is 2.19. The summed E-state index contributed by atoms with van der Waals surface area (Å²) in [4.78, 5) is 7.98. The van der Waals surface area contributed by atoms with Crippen molar-refractivity contribution in [2.75, 3.05) is 17.6 Å². The third-order valence-corrected chi connectivity index (χ3v) is 5.29. The van der Waals surface area contributed by atoms with Crippen LogP contribution in [0.4, 0.5) is 11.5 Å². The van der Waals surface area contributed by atoms with E-state index in [9.17, 15) is 8.42 Å². The van der Waals surface area contributed by atoms with Gasteiger partial charge >= 0.3 is 0 Å². The van der Waals surface area contributed by atoms with Gasteiger partial charge in [-0.2, -0.15) is 0 Å². The lowest BCUT2D eigenvalue weighted by atomic mass is 10.1. The van der Waals surface area contributed by atoms with E-state index < -0.39 is 15.6 Å². The molecule has 0 unspecified atom stereocenters. The standard InChI is InChI=1S/C15H20ClN5O2S/c1-10-4-6-11(7-5-10)24(22,23)21-15(2,3)8-18-14-12(17)13(16)19-9-20-14/h4-7,9,21H,8,17H2,1-3H3,(H,18,19,20). The molecule has 2 rings (SSSR count). The molecule has 130 valence electrons. The third kappa shape index (κ3) is 4.56. The second-order valence-corrected chi connectivity index (χ2v) is 8.12. The lowest BCUT2D eigenvalue weighted by Gasteiger charge is -2.26.